The van der Waals surface area contributed by atoms with E-state index in [1.807, 2.05) is 6.92 Å². The van der Waals surface area contributed by atoms with E-state index in [1.165, 1.54) is 43.8 Å². The number of hydrogen-bond donors (Lipinski definition) is 0. The first-order valence-corrected chi connectivity index (χ1v) is 10.1. The Hall–Kier alpha value is -3.17. The minimum absolute atomic E-state index is 0.168. The van der Waals surface area contributed by atoms with Crippen molar-refractivity contribution in [2.75, 3.05) is 13.2 Å². The largest absolute Gasteiger partial charge is 0.465 e. The fourth-order valence-electron chi connectivity index (χ4n) is 4.53. The van der Waals surface area contributed by atoms with Gasteiger partial charge in [0.1, 0.15) is 0 Å². The summed E-state index contributed by atoms with van der Waals surface area (Å²) in [5, 5.41) is 5.01. The smallest absolute Gasteiger partial charge is 0.320 e. The van der Waals surface area contributed by atoms with Gasteiger partial charge in [-0.15, -0.1) is 0 Å². The molecule has 1 heterocycles. The van der Waals surface area contributed by atoms with Gasteiger partial charge in [-0.25, -0.2) is 0 Å². The molecule has 0 saturated heterocycles. The minimum atomic E-state index is -0.168. The Morgan fingerprint density at radius 3 is 1.83 bits per heavy atom. The molecule has 0 fully saturated rings. The molecule has 0 amide bonds. The second-order valence-electron chi connectivity index (χ2n) is 7.59. The van der Waals surface area contributed by atoms with Crippen LogP contribution in [0.5, 0.6) is 0 Å². The molecule has 0 N–H and O–H groups in total. The summed E-state index contributed by atoms with van der Waals surface area (Å²) in [7, 11) is 0. The molecule has 3 nitrogen and oxygen atoms in total. The molecule has 4 aromatic rings. The molecule has 1 aliphatic heterocycles. The third-order valence-corrected chi connectivity index (χ3v) is 5.73. The lowest BCUT2D eigenvalue weighted by atomic mass is 9.88. The first kappa shape index (κ1) is 17.9. The molecule has 0 unspecified atom stereocenters. The number of esters is 1. The van der Waals surface area contributed by atoms with Gasteiger partial charge in [-0.1, -0.05) is 72.8 Å². The van der Waals surface area contributed by atoms with E-state index in [2.05, 4.69) is 77.7 Å². The van der Waals surface area contributed by atoms with Crippen LogP contribution in [-0.4, -0.2) is 24.0 Å². The zero-order valence-electron chi connectivity index (χ0n) is 16.5. The van der Waals surface area contributed by atoms with Gasteiger partial charge in [0.15, 0.2) is 0 Å². The fraction of sp³-hybridized carbons (Fsp3) is 0.192. The topological polar surface area (TPSA) is 29.5 Å². The molecule has 0 bridgehead atoms. The highest BCUT2D eigenvalue weighted by Crippen LogP contribution is 2.41. The molecule has 1 aliphatic rings. The van der Waals surface area contributed by atoms with E-state index in [-0.39, 0.29) is 5.97 Å². The standard InChI is InChI=1S/C26H23NO2/c1-2-29-24(28)17-27-15-20-13-11-18-7-3-5-9-22(18)25(20)26-21(16-27)14-12-19-8-4-6-10-23(19)26/h3-14H,2,15-17H2,1H3. The maximum absolute atomic E-state index is 12.2. The highest BCUT2D eigenvalue weighted by Gasteiger charge is 2.24. The number of rotatable bonds is 3. The first-order chi connectivity index (χ1) is 14.2. The van der Waals surface area contributed by atoms with Crippen molar-refractivity contribution >= 4 is 27.5 Å². The van der Waals surface area contributed by atoms with Crippen molar-refractivity contribution in [3.05, 3.63) is 83.9 Å². The molecule has 5 rings (SSSR count). The Balaban J connectivity index is 1.77. The minimum Gasteiger partial charge on any atom is -0.465 e. The highest BCUT2D eigenvalue weighted by atomic mass is 16.5. The Morgan fingerprint density at radius 2 is 1.31 bits per heavy atom. The van der Waals surface area contributed by atoms with Crippen molar-refractivity contribution in [3.8, 4) is 11.1 Å². The lowest BCUT2D eigenvalue weighted by Gasteiger charge is -2.20. The van der Waals surface area contributed by atoms with E-state index in [0.29, 0.717) is 13.2 Å². The van der Waals surface area contributed by atoms with Gasteiger partial charge in [0.05, 0.1) is 13.2 Å². The van der Waals surface area contributed by atoms with Crippen LogP contribution in [0.1, 0.15) is 18.1 Å². The van der Waals surface area contributed by atoms with Crippen molar-refractivity contribution in [1.29, 1.82) is 0 Å². The number of hydrogen-bond acceptors (Lipinski definition) is 3. The molecule has 0 spiro atoms. The molecule has 29 heavy (non-hydrogen) atoms. The fourth-order valence-corrected chi connectivity index (χ4v) is 4.53. The molecule has 3 heteroatoms. The van der Waals surface area contributed by atoms with Crippen molar-refractivity contribution < 1.29 is 9.53 Å². The van der Waals surface area contributed by atoms with E-state index in [1.54, 1.807) is 0 Å². The molecule has 144 valence electrons. The van der Waals surface area contributed by atoms with Crippen LogP contribution in [-0.2, 0) is 22.6 Å². The zero-order valence-corrected chi connectivity index (χ0v) is 16.5. The summed E-state index contributed by atoms with van der Waals surface area (Å²) in [6.07, 6.45) is 0. The third-order valence-electron chi connectivity index (χ3n) is 5.73. The Morgan fingerprint density at radius 1 is 0.793 bits per heavy atom. The third kappa shape index (κ3) is 3.18. The lowest BCUT2D eigenvalue weighted by molar-refractivity contribution is -0.144. The van der Waals surface area contributed by atoms with E-state index < -0.39 is 0 Å². The summed E-state index contributed by atoms with van der Waals surface area (Å²) in [5.41, 5.74) is 5.09. The molecule has 0 saturated carbocycles. The molecule has 0 atom stereocenters. The molecular formula is C26H23NO2. The van der Waals surface area contributed by atoms with Crippen molar-refractivity contribution in [1.82, 2.24) is 4.90 Å². The first-order valence-electron chi connectivity index (χ1n) is 10.1. The number of ether oxygens (including phenoxy) is 1. The predicted octanol–water partition coefficient (Wildman–Crippen LogP) is 5.54. The zero-order chi connectivity index (χ0) is 19.8. The average Bonchev–Trinajstić information content (AvgIpc) is 2.90. The molecule has 0 aliphatic carbocycles. The maximum Gasteiger partial charge on any atom is 0.320 e. The molecule has 4 aromatic carbocycles. The predicted molar refractivity (Wildman–Crippen MR) is 118 cm³/mol. The van der Waals surface area contributed by atoms with Gasteiger partial charge >= 0.3 is 5.97 Å². The van der Waals surface area contributed by atoms with Crippen LogP contribution in [0.4, 0.5) is 0 Å². The summed E-state index contributed by atoms with van der Waals surface area (Å²) in [4.78, 5) is 14.4. The Labute approximate surface area is 170 Å². The van der Waals surface area contributed by atoms with Gasteiger partial charge in [-0.2, -0.15) is 0 Å². The number of benzene rings is 4. The Kier molecular flexibility index (Phi) is 4.53. The van der Waals surface area contributed by atoms with Gasteiger partial charge in [0.2, 0.25) is 0 Å². The van der Waals surface area contributed by atoms with E-state index in [4.69, 9.17) is 4.74 Å². The summed E-state index contributed by atoms with van der Waals surface area (Å²) in [6.45, 7) is 4.01. The quantitative estimate of drug-likeness (QED) is 0.437. The van der Waals surface area contributed by atoms with Crippen LogP contribution in [0.15, 0.2) is 72.8 Å². The van der Waals surface area contributed by atoms with Gasteiger partial charge < -0.3 is 4.74 Å². The number of carbonyl (C=O) groups is 1. The summed E-state index contributed by atoms with van der Waals surface area (Å²) < 4.78 is 5.22. The van der Waals surface area contributed by atoms with Crippen molar-refractivity contribution in [3.63, 3.8) is 0 Å². The van der Waals surface area contributed by atoms with Crippen LogP contribution in [0.25, 0.3) is 32.7 Å². The van der Waals surface area contributed by atoms with Gasteiger partial charge in [-0.3, -0.25) is 9.69 Å². The van der Waals surface area contributed by atoms with E-state index in [0.717, 1.165) is 13.1 Å². The lowest BCUT2D eigenvalue weighted by Crippen LogP contribution is -2.29. The Bertz CT molecular complexity index is 1140. The number of carbonyl (C=O) groups excluding carboxylic acids is 1. The van der Waals surface area contributed by atoms with Crippen LogP contribution in [0.2, 0.25) is 0 Å². The second-order valence-corrected chi connectivity index (χ2v) is 7.59. The number of nitrogens with zero attached hydrogens (tertiary/aromatic N) is 1. The number of fused-ring (bicyclic) bond motifs is 7. The normalized spacial score (nSPS) is 13.7. The van der Waals surface area contributed by atoms with E-state index in [9.17, 15) is 4.79 Å². The van der Waals surface area contributed by atoms with Crippen LogP contribution in [0, 0.1) is 0 Å². The van der Waals surface area contributed by atoms with Crippen LogP contribution >= 0.6 is 0 Å². The van der Waals surface area contributed by atoms with Gasteiger partial charge in [0, 0.05) is 13.1 Å². The second kappa shape index (κ2) is 7.34. The van der Waals surface area contributed by atoms with Crippen LogP contribution in [0.3, 0.4) is 0 Å². The summed E-state index contributed by atoms with van der Waals surface area (Å²) >= 11 is 0. The van der Waals surface area contributed by atoms with Crippen molar-refractivity contribution in [2.45, 2.75) is 20.0 Å². The SMILES string of the molecule is CCOC(=O)CN1Cc2ccc3ccccc3c2-c2c(ccc3ccccc23)C1. The van der Waals surface area contributed by atoms with E-state index >= 15 is 0 Å². The molecule has 0 radical (unpaired) electrons. The summed E-state index contributed by atoms with van der Waals surface area (Å²) in [5.74, 6) is -0.168. The van der Waals surface area contributed by atoms with Crippen LogP contribution < -0.4 is 0 Å². The van der Waals surface area contributed by atoms with Gasteiger partial charge in [0.25, 0.3) is 0 Å². The molecule has 0 aromatic heterocycles. The maximum atomic E-state index is 12.2. The van der Waals surface area contributed by atoms with Gasteiger partial charge in [-0.05, 0) is 50.7 Å². The summed E-state index contributed by atoms with van der Waals surface area (Å²) in [6, 6.07) is 25.9. The molecular weight excluding hydrogens is 358 g/mol. The average molecular weight is 381 g/mol. The monoisotopic (exact) mass is 381 g/mol. The highest BCUT2D eigenvalue weighted by molar-refractivity contribution is 6.08. The van der Waals surface area contributed by atoms with Crippen molar-refractivity contribution in [2.24, 2.45) is 0 Å².